The number of nitrogens with one attached hydrogen (secondary N) is 1. The van der Waals surface area contributed by atoms with Crippen LogP contribution >= 0.6 is 0 Å². The summed E-state index contributed by atoms with van der Waals surface area (Å²) < 4.78 is 26.4. The van der Waals surface area contributed by atoms with E-state index in [2.05, 4.69) is 15.2 Å². The summed E-state index contributed by atoms with van der Waals surface area (Å²) in [6.07, 6.45) is 3.93. The highest BCUT2D eigenvalue weighted by Crippen LogP contribution is 2.48. The topological polar surface area (TPSA) is 164 Å². The highest BCUT2D eigenvalue weighted by atomic mass is 19.1. The van der Waals surface area contributed by atoms with Crippen LogP contribution < -0.4 is 11.5 Å². The quantitative estimate of drug-likeness (QED) is 0.250. The molecule has 0 saturated carbocycles. The van der Waals surface area contributed by atoms with Crippen LogP contribution in [0.3, 0.4) is 0 Å². The van der Waals surface area contributed by atoms with Gasteiger partial charge in [0.15, 0.2) is 5.58 Å². The third-order valence-electron chi connectivity index (χ3n) is 9.19. The van der Waals surface area contributed by atoms with Crippen LogP contribution in [0.15, 0.2) is 79.2 Å². The number of hydrogen-bond acceptors (Lipinski definition) is 9. The van der Waals surface area contributed by atoms with E-state index >= 15 is 0 Å². The summed E-state index contributed by atoms with van der Waals surface area (Å²) in [5.74, 6) is -1.92. The zero-order chi connectivity index (χ0) is 33.1. The molecule has 238 valence electrons. The maximum Gasteiger partial charge on any atom is 0.434 e. The van der Waals surface area contributed by atoms with E-state index in [1.54, 1.807) is 42.5 Å². The average molecular weight is 644 g/mol. The molecule has 1 amide bonds. The number of rotatable bonds is 7. The first kappa shape index (κ1) is 29.3. The van der Waals surface area contributed by atoms with Gasteiger partial charge in [0, 0.05) is 18.3 Å². The van der Waals surface area contributed by atoms with Crippen molar-refractivity contribution in [2.45, 2.75) is 44.7 Å². The molecule has 6 heterocycles. The van der Waals surface area contributed by atoms with Crippen molar-refractivity contribution < 1.29 is 18.0 Å². The van der Waals surface area contributed by atoms with E-state index in [0.29, 0.717) is 69.8 Å². The molecule has 12 nitrogen and oxygen atoms in total. The van der Waals surface area contributed by atoms with Crippen LogP contribution in [0.2, 0.25) is 0 Å². The second-order valence-electron chi connectivity index (χ2n) is 12.0. The number of halogens is 1. The molecule has 8 rings (SSSR count). The lowest BCUT2D eigenvalue weighted by atomic mass is 9.89. The Morgan fingerprint density at radius 2 is 1.88 bits per heavy atom. The zero-order valence-corrected chi connectivity index (χ0v) is 25.6. The molecule has 2 aliphatic rings. The van der Waals surface area contributed by atoms with Gasteiger partial charge in [0.05, 0.1) is 51.4 Å². The minimum Gasteiger partial charge on any atom is -0.408 e. The molecule has 2 aliphatic heterocycles. The number of carbonyl (C=O) groups excluding carboxylic acids is 1. The Balaban J connectivity index is 1.32. The molecule has 13 heteroatoms. The van der Waals surface area contributed by atoms with Gasteiger partial charge in [0.2, 0.25) is 0 Å². The second-order valence-corrected chi connectivity index (χ2v) is 12.0. The van der Waals surface area contributed by atoms with Crippen LogP contribution in [0.5, 0.6) is 0 Å². The first-order valence-electron chi connectivity index (χ1n) is 15.5. The number of H-pyrrole nitrogens is 1. The summed E-state index contributed by atoms with van der Waals surface area (Å²) in [4.78, 5) is 50.7. The number of benzene rings is 2. The van der Waals surface area contributed by atoms with E-state index in [1.807, 2.05) is 17.9 Å². The summed E-state index contributed by atoms with van der Waals surface area (Å²) in [6, 6.07) is 16.1. The molecule has 1 unspecified atom stereocenters. The number of nitrogens with zero attached hydrogens (tertiary/aromatic N) is 6. The van der Waals surface area contributed by atoms with Crippen molar-refractivity contribution in [1.82, 2.24) is 29.6 Å². The van der Waals surface area contributed by atoms with Gasteiger partial charge in [0.25, 0.3) is 11.8 Å². The van der Waals surface area contributed by atoms with Crippen molar-refractivity contribution in [3.63, 3.8) is 0 Å². The molecule has 6 aromatic rings. The van der Waals surface area contributed by atoms with E-state index in [1.165, 1.54) is 22.9 Å². The largest absolute Gasteiger partial charge is 0.434 e. The monoisotopic (exact) mass is 643 g/mol. The normalized spacial score (nSPS) is 15.9. The molecular formula is C35H26FN7O5. The SMILES string of the molecule is CC(c1ccc(C#N)cn1)n1c(=O)oc2cc(-c3c4c(nc(CCc5ccc(F)cc5)c3-c3n[nH]c(=O)o3)[C@H]3CCCN3C4=O)ccc21. The number of aromatic amines is 1. The molecule has 1 saturated heterocycles. The molecule has 1 N–H and O–H groups in total. The lowest BCUT2D eigenvalue weighted by molar-refractivity contribution is 0.0776. The Labute approximate surface area is 271 Å². The van der Waals surface area contributed by atoms with Crippen LogP contribution in [0.4, 0.5) is 4.39 Å². The lowest BCUT2D eigenvalue weighted by Gasteiger charge is -2.17. The van der Waals surface area contributed by atoms with Crippen LogP contribution in [-0.2, 0) is 12.8 Å². The summed E-state index contributed by atoms with van der Waals surface area (Å²) >= 11 is 0. The van der Waals surface area contributed by atoms with E-state index in [4.69, 9.17) is 19.1 Å². The highest BCUT2D eigenvalue weighted by molar-refractivity contribution is 6.08. The summed E-state index contributed by atoms with van der Waals surface area (Å²) in [6.45, 7) is 2.40. The minimum absolute atomic E-state index is 0.0288. The Kier molecular flexibility index (Phi) is 6.87. The first-order chi connectivity index (χ1) is 23.3. The summed E-state index contributed by atoms with van der Waals surface area (Å²) in [7, 11) is 0. The van der Waals surface area contributed by atoms with Crippen LogP contribution in [0.1, 0.15) is 70.4 Å². The Morgan fingerprint density at radius 1 is 1.04 bits per heavy atom. The molecular weight excluding hydrogens is 617 g/mol. The number of nitriles is 1. The molecule has 1 fully saturated rings. The van der Waals surface area contributed by atoms with E-state index in [9.17, 15) is 18.8 Å². The van der Waals surface area contributed by atoms with Gasteiger partial charge in [-0.2, -0.15) is 5.26 Å². The molecule has 0 radical (unpaired) electrons. The molecule has 0 bridgehead atoms. The number of hydrogen-bond donors (Lipinski definition) is 1. The second kappa shape index (κ2) is 11.3. The third kappa shape index (κ3) is 4.72. The first-order valence-corrected chi connectivity index (χ1v) is 15.5. The fraction of sp³-hybridized carbons (Fsp3) is 0.229. The zero-order valence-electron chi connectivity index (χ0n) is 25.6. The van der Waals surface area contributed by atoms with E-state index in [-0.39, 0.29) is 29.2 Å². The average Bonchev–Trinajstić information content (AvgIpc) is 3.88. The Morgan fingerprint density at radius 3 is 2.60 bits per heavy atom. The van der Waals surface area contributed by atoms with Gasteiger partial charge in [-0.15, -0.1) is 5.10 Å². The minimum atomic E-state index is -0.767. The van der Waals surface area contributed by atoms with Gasteiger partial charge < -0.3 is 13.7 Å². The molecule has 0 spiro atoms. The number of carbonyl (C=O) groups is 1. The van der Waals surface area contributed by atoms with Crippen molar-refractivity contribution >= 4 is 17.0 Å². The maximum atomic E-state index is 14.0. The Bertz CT molecular complexity index is 2400. The standard InChI is InChI=1S/C35H26FN7O5/c1-18(23-11-7-20(16-37)17-38-23)43-25-13-8-21(15-27(25)47-35(43)46)28-29(32-40-41-34(45)48-32)24(12-6-19-4-9-22(36)10-5-19)39-31-26-3-2-14-42(26)33(44)30(28)31/h4-5,7-11,13,15,17-18,26H,2-3,6,12,14H2,1H3,(H,41,45)/t18?,26-/m1/s1. The van der Waals surface area contributed by atoms with Gasteiger partial charge in [-0.25, -0.2) is 19.1 Å². The third-order valence-corrected chi connectivity index (χ3v) is 9.19. The van der Waals surface area contributed by atoms with Crippen molar-refractivity contribution in [2.75, 3.05) is 6.54 Å². The van der Waals surface area contributed by atoms with Gasteiger partial charge >= 0.3 is 11.5 Å². The number of fused-ring (bicyclic) bond motifs is 4. The van der Waals surface area contributed by atoms with Crippen molar-refractivity contribution in [3.05, 3.63) is 121 Å². The molecule has 2 aromatic carbocycles. The van der Waals surface area contributed by atoms with Gasteiger partial charge in [-0.1, -0.05) is 18.2 Å². The van der Waals surface area contributed by atoms with Crippen LogP contribution in [-0.4, -0.2) is 42.1 Å². The fourth-order valence-electron chi connectivity index (χ4n) is 6.91. The number of aromatic nitrogens is 5. The van der Waals surface area contributed by atoms with Crippen molar-refractivity contribution in [1.29, 1.82) is 5.26 Å². The summed E-state index contributed by atoms with van der Waals surface area (Å²) in [5.41, 5.74) is 5.62. The number of amides is 1. The Hall–Kier alpha value is -6.16. The van der Waals surface area contributed by atoms with Crippen molar-refractivity contribution in [2.24, 2.45) is 0 Å². The smallest absolute Gasteiger partial charge is 0.408 e. The number of pyridine rings is 2. The predicted octanol–water partition coefficient (Wildman–Crippen LogP) is 5.09. The molecule has 4 aromatic heterocycles. The van der Waals surface area contributed by atoms with Crippen LogP contribution in [0, 0.1) is 17.1 Å². The predicted molar refractivity (Wildman–Crippen MR) is 169 cm³/mol. The van der Waals surface area contributed by atoms with E-state index < -0.39 is 17.6 Å². The van der Waals surface area contributed by atoms with E-state index in [0.717, 1.165) is 18.4 Å². The number of aryl methyl sites for hydroxylation is 2. The van der Waals surface area contributed by atoms with Gasteiger partial charge in [0.1, 0.15) is 11.9 Å². The fourth-order valence-corrected chi connectivity index (χ4v) is 6.91. The molecule has 2 atom stereocenters. The maximum absolute atomic E-state index is 14.0. The highest BCUT2D eigenvalue weighted by Gasteiger charge is 2.44. The summed E-state index contributed by atoms with van der Waals surface area (Å²) in [5, 5.41) is 15.6. The molecule has 0 aliphatic carbocycles. The van der Waals surface area contributed by atoms with Gasteiger partial charge in [-0.3, -0.25) is 19.3 Å². The van der Waals surface area contributed by atoms with Crippen molar-refractivity contribution in [3.8, 4) is 28.7 Å². The van der Waals surface area contributed by atoms with Gasteiger partial charge in [-0.05, 0) is 80.1 Å². The lowest BCUT2D eigenvalue weighted by Crippen LogP contribution is -2.23. The molecule has 48 heavy (non-hydrogen) atoms. The van der Waals surface area contributed by atoms with Crippen LogP contribution in [0.25, 0.3) is 33.7 Å². The number of oxazole rings is 1.